The number of esters is 1. The summed E-state index contributed by atoms with van der Waals surface area (Å²) in [5, 5.41) is 23.3. The molecule has 2 unspecified atom stereocenters. The molecule has 3 N–H and O–H groups in total. The number of hydrogen-bond donors (Lipinski definition) is 3. The molecule has 0 aliphatic heterocycles. The summed E-state index contributed by atoms with van der Waals surface area (Å²) in [5.41, 5.74) is 0. The minimum absolute atomic E-state index is 0.0240. The average molecular weight is 1250 g/mol. The lowest BCUT2D eigenvalue weighted by atomic mass is 10.0. The highest BCUT2D eigenvalue weighted by molar-refractivity contribution is 5.76. The first-order chi connectivity index (χ1) is 44.0. The molecule has 0 saturated heterocycles. The molecule has 0 bridgehead atoms. The summed E-state index contributed by atoms with van der Waals surface area (Å²) in [6.07, 6.45) is 102. The van der Waals surface area contributed by atoms with Gasteiger partial charge in [-0.15, -0.1) is 0 Å². The Morgan fingerprint density at radius 1 is 0.303 bits per heavy atom. The van der Waals surface area contributed by atoms with E-state index in [1.807, 2.05) is 6.08 Å². The molecule has 0 fully saturated rings. The quantitative estimate of drug-likeness (QED) is 0.0320. The summed E-state index contributed by atoms with van der Waals surface area (Å²) < 4.78 is 5.52. The summed E-state index contributed by atoms with van der Waals surface area (Å²) in [6, 6.07) is -0.626. The van der Waals surface area contributed by atoms with E-state index >= 15 is 0 Å². The smallest absolute Gasteiger partial charge is 0.305 e. The highest BCUT2D eigenvalue weighted by Crippen LogP contribution is 2.20. The standard InChI is InChI=1S/C83H161NO5/c1-3-5-7-9-11-13-15-17-19-21-23-37-40-43-47-51-55-59-63-67-71-75-81(86)80(79-85)84-82(87)76-72-68-64-60-56-52-48-44-41-38-35-33-31-29-27-25-24-26-28-30-32-34-36-39-42-46-50-54-58-62-66-70-74-78-89-83(88)77-73-69-65-61-57-53-49-45-22-20-18-16-14-12-10-8-6-4-2/h28,30,71,75,80-81,85-86H,3-27,29,31-70,72-74,76-79H2,1-2H3,(H,84,87)/b30-28-,75-71+. The number of unbranched alkanes of at least 4 members (excludes halogenated alkanes) is 65. The third-order valence-electron chi connectivity index (χ3n) is 19.5. The van der Waals surface area contributed by atoms with E-state index in [0.29, 0.717) is 19.4 Å². The predicted molar refractivity (Wildman–Crippen MR) is 393 cm³/mol. The van der Waals surface area contributed by atoms with Crippen LogP contribution in [0.3, 0.4) is 0 Å². The second-order valence-corrected chi connectivity index (χ2v) is 28.5. The van der Waals surface area contributed by atoms with Crippen LogP contribution in [0.5, 0.6) is 0 Å². The molecule has 6 heteroatoms. The maximum absolute atomic E-state index is 12.5. The van der Waals surface area contributed by atoms with Crippen LogP contribution in [0.2, 0.25) is 0 Å². The molecular weight excluding hydrogens is 1090 g/mol. The number of hydrogen-bond acceptors (Lipinski definition) is 5. The van der Waals surface area contributed by atoms with Gasteiger partial charge in [-0.25, -0.2) is 0 Å². The fraction of sp³-hybridized carbons (Fsp3) is 0.928. The molecular formula is C83H161NO5. The van der Waals surface area contributed by atoms with E-state index in [-0.39, 0.29) is 18.5 Å². The fourth-order valence-electron chi connectivity index (χ4n) is 13.2. The van der Waals surface area contributed by atoms with E-state index in [2.05, 4.69) is 31.3 Å². The van der Waals surface area contributed by atoms with Gasteiger partial charge in [0.2, 0.25) is 5.91 Å². The molecule has 89 heavy (non-hydrogen) atoms. The van der Waals surface area contributed by atoms with Gasteiger partial charge < -0.3 is 20.3 Å². The van der Waals surface area contributed by atoms with Crippen LogP contribution in [0.15, 0.2) is 24.3 Å². The topological polar surface area (TPSA) is 95.9 Å². The number of aliphatic hydroxyl groups excluding tert-OH is 2. The first-order valence-electron chi connectivity index (χ1n) is 41.1. The Hall–Kier alpha value is -1.66. The van der Waals surface area contributed by atoms with E-state index < -0.39 is 12.1 Å². The predicted octanol–water partition coefficient (Wildman–Crippen LogP) is 27.2. The van der Waals surface area contributed by atoms with Crippen LogP contribution in [-0.2, 0) is 14.3 Å². The molecule has 0 aliphatic carbocycles. The van der Waals surface area contributed by atoms with Gasteiger partial charge in [0.25, 0.3) is 0 Å². The lowest BCUT2D eigenvalue weighted by molar-refractivity contribution is -0.143. The van der Waals surface area contributed by atoms with E-state index in [0.717, 1.165) is 38.5 Å². The molecule has 0 aromatic carbocycles. The number of ether oxygens (including phenoxy) is 1. The van der Waals surface area contributed by atoms with Gasteiger partial charge in [0, 0.05) is 12.8 Å². The van der Waals surface area contributed by atoms with Crippen molar-refractivity contribution in [3.63, 3.8) is 0 Å². The summed E-state index contributed by atoms with van der Waals surface area (Å²) in [6.45, 7) is 4.97. The number of carbonyl (C=O) groups excluding carboxylic acids is 2. The second-order valence-electron chi connectivity index (χ2n) is 28.5. The van der Waals surface area contributed by atoms with Crippen molar-refractivity contribution in [3.8, 4) is 0 Å². The van der Waals surface area contributed by atoms with Gasteiger partial charge >= 0.3 is 5.97 Å². The molecule has 0 aromatic heterocycles. The van der Waals surface area contributed by atoms with Crippen LogP contribution in [0.4, 0.5) is 0 Å². The van der Waals surface area contributed by atoms with Crippen LogP contribution in [0.1, 0.15) is 470 Å². The average Bonchev–Trinajstić information content (AvgIpc) is 3.67. The molecule has 528 valence electrons. The van der Waals surface area contributed by atoms with Crippen molar-refractivity contribution in [3.05, 3.63) is 24.3 Å². The first-order valence-corrected chi connectivity index (χ1v) is 41.1. The molecule has 6 nitrogen and oxygen atoms in total. The molecule has 0 radical (unpaired) electrons. The lowest BCUT2D eigenvalue weighted by Crippen LogP contribution is -2.45. The zero-order valence-electron chi connectivity index (χ0n) is 60.7. The number of amides is 1. The normalized spacial score (nSPS) is 12.5. The zero-order chi connectivity index (χ0) is 64.2. The maximum atomic E-state index is 12.5. The molecule has 0 heterocycles. The second kappa shape index (κ2) is 78.8. The first kappa shape index (κ1) is 87.3. The lowest BCUT2D eigenvalue weighted by Gasteiger charge is -2.20. The third-order valence-corrected chi connectivity index (χ3v) is 19.5. The van der Waals surface area contributed by atoms with Gasteiger partial charge in [0.15, 0.2) is 0 Å². The minimum atomic E-state index is -0.843. The zero-order valence-corrected chi connectivity index (χ0v) is 60.7. The molecule has 0 saturated carbocycles. The molecule has 0 aliphatic rings. The van der Waals surface area contributed by atoms with E-state index in [4.69, 9.17) is 4.74 Å². The molecule has 0 spiro atoms. The Balaban J connectivity index is 3.35. The van der Waals surface area contributed by atoms with Crippen LogP contribution in [0.25, 0.3) is 0 Å². The van der Waals surface area contributed by atoms with Crippen LogP contribution >= 0.6 is 0 Å². The van der Waals surface area contributed by atoms with Crippen LogP contribution in [0, 0.1) is 0 Å². The summed E-state index contributed by atoms with van der Waals surface area (Å²) in [7, 11) is 0. The summed E-state index contributed by atoms with van der Waals surface area (Å²) in [4.78, 5) is 24.7. The van der Waals surface area contributed by atoms with Crippen molar-refractivity contribution in [1.82, 2.24) is 5.32 Å². The van der Waals surface area contributed by atoms with Crippen molar-refractivity contribution in [2.75, 3.05) is 13.2 Å². The van der Waals surface area contributed by atoms with E-state index in [1.165, 1.54) is 405 Å². The molecule has 2 atom stereocenters. The molecule has 0 aromatic rings. The molecule has 0 rings (SSSR count). The van der Waals surface area contributed by atoms with Crippen LogP contribution < -0.4 is 5.32 Å². The summed E-state index contributed by atoms with van der Waals surface area (Å²) >= 11 is 0. The van der Waals surface area contributed by atoms with E-state index in [9.17, 15) is 19.8 Å². The number of carbonyl (C=O) groups is 2. The summed E-state index contributed by atoms with van der Waals surface area (Å²) in [5.74, 6) is -0.0359. The number of aliphatic hydroxyl groups is 2. The van der Waals surface area contributed by atoms with Crippen molar-refractivity contribution >= 4 is 11.9 Å². The Morgan fingerprint density at radius 2 is 0.528 bits per heavy atom. The van der Waals surface area contributed by atoms with Gasteiger partial charge in [-0.2, -0.15) is 0 Å². The van der Waals surface area contributed by atoms with Gasteiger partial charge in [-0.05, 0) is 57.8 Å². The van der Waals surface area contributed by atoms with Crippen molar-refractivity contribution in [2.45, 2.75) is 482 Å². The largest absolute Gasteiger partial charge is 0.466 e. The van der Waals surface area contributed by atoms with E-state index in [1.54, 1.807) is 6.08 Å². The Bertz CT molecular complexity index is 1400. The van der Waals surface area contributed by atoms with Gasteiger partial charge in [-0.3, -0.25) is 9.59 Å². The highest BCUT2D eigenvalue weighted by atomic mass is 16.5. The fourth-order valence-corrected chi connectivity index (χ4v) is 13.2. The Labute approximate surface area is 558 Å². The Kier molecular flexibility index (Phi) is 77.3. The monoisotopic (exact) mass is 1250 g/mol. The van der Waals surface area contributed by atoms with Gasteiger partial charge in [0.05, 0.1) is 25.4 Å². The maximum Gasteiger partial charge on any atom is 0.305 e. The van der Waals surface area contributed by atoms with Crippen molar-refractivity contribution in [1.29, 1.82) is 0 Å². The number of rotatable bonds is 78. The molecule has 1 amide bonds. The van der Waals surface area contributed by atoms with Gasteiger partial charge in [0.1, 0.15) is 0 Å². The minimum Gasteiger partial charge on any atom is -0.466 e. The SMILES string of the molecule is CCCCCCCCCCCCCCCCCCCCC/C=C/C(O)C(CO)NC(=O)CCCCCCCCCCCCCCCCCCC/C=C\CCCCCCCCCCCCCCOC(=O)CCCCCCCCCCCCCCCCCCCC. The third kappa shape index (κ3) is 75.3. The Morgan fingerprint density at radius 3 is 0.798 bits per heavy atom. The number of nitrogens with one attached hydrogen (secondary N) is 1. The van der Waals surface area contributed by atoms with Crippen molar-refractivity contribution < 1.29 is 24.5 Å². The van der Waals surface area contributed by atoms with Crippen molar-refractivity contribution in [2.24, 2.45) is 0 Å². The van der Waals surface area contributed by atoms with Crippen LogP contribution in [-0.4, -0.2) is 47.4 Å². The number of allylic oxidation sites excluding steroid dienone is 3. The van der Waals surface area contributed by atoms with Gasteiger partial charge in [-0.1, -0.05) is 423 Å². The highest BCUT2D eigenvalue weighted by Gasteiger charge is 2.18.